The molecule has 0 radical (unpaired) electrons. The summed E-state index contributed by atoms with van der Waals surface area (Å²) in [5, 5.41) is 9.80. The molecule has 1 unspecified atom stereocenters. The van der Waals surface area contributed by atoms with Gasteiger partial charge in [0.25, 0.3) is 0 Å². The predicted octanol–water partition coefficient (Wildman–Crippen LogP) is 1.77. The first-order valence-corrected chi connectivity index (χ1v) is 9.07. The second-order valence-electron chi connectivity index (χ2n) is 7.17. The lowest BCUT2D eigenvalue weighted by Crippen LogP contribution is -3.00. The van der Waals surface area contributed by atoms with Crippen LogP contribution in [0.1, 0.15) is 63.9 Å². The smallest absolute Gasteiger partial charge is 0.112 e. The Labute approximate surface area is 154 Å². The zero-order chi connectivity index (χ0) is 16.3. The maximum Gasteiger partial charge on any atom is 0.112 e. The third-order valence-corrected chi connectivity index (χ3v) is 4.77. The molecule has 2 nitrogen and oxygen atoms in total. The van der Waals surface area contributed by atoms with Gasteiger partial charge < -0.3 is 26.6 Å². The third-order valence-electron chi connectivity index (χ3n) is 4.77. The molecule has 0 bridgehead atoms. The first-order valence-electron chi connectivity index (χ1n) is 9.07. The zero-order valence-electron chi connectivity index (χ0n) is 15.3. The third kappa shape index (κ3) is 9.49. The molecule has 0 aliphatic heterocycles. The van der Waals surface area contributed by atoms with E-state index >= 15 is 0 Å². The minimum atomic E-state index is 0. The Morgan fingerprint density at radius 1 is 0.913 bits per heavy atom. The maximum absolute atomic E-state index is 9.80. The van der Waals surface area contributed by atoms with E-state index in [1.54, 1.807) is 0 Å². The van der Waals surface area contributed by atoms with Crippen molar-refractivity contribution in [2.75, 3.05) is 20.7 Å². The monoisotopic (exact) mass is 385 g/mol. The van der Waals surface area contributed by atoms with E-state index in [-0.39, 0.29) is 23.6 Å². The standard InChI is InChI=1S/C20H36NO.BrH/c1-4-5-6-7-8-9-13-16-20(18-22)21(2,3)17-19-14-11-10-12-15-19;/h10-12,14-15,20,22H,4-9,13,16-18H2,1-3H3;1H/q+1;/p-1. The van der Waals surface area contributed by atoms with Crippen molar-refractivity contribution in [3.63, 3.8) is 0 Å². The number of hydrogen-bond acceptors (Lipinski definition) is 1. The quantitative estimate of drug-likeness (QED) is 0.429. The van der Waals surface area contributed by atoms with Crippen LogP contribution in [0.25, 0.3) is 0 Å². The van der Waals surface area contributed by atoms with Gasteiger partial charge in [-0.05, 0) is 6.42 Å². The Morgan fingerprint density at radius 3 is 2.04 bits per heavy atom. The van der Waals surface area contributed by atoms with Crippen LogP contribution in [-0.4, -0.2) is 36.3 Å². The van der Waals surface area contributed by atoms with Gasteiger partial charge in [-0.3, -0.25) is 0 Å². The van der Waals surface area contributed by atoms with Crippen molar-refractivity contribution in [2.24, 2.45) is 0 Å². The summed E-state index contributed by atoms with van der Waals surface area (Å²) >= 11 is 0. The van der Waals surface area contributed by atoms with Crippen LogP contribution in [0.4, 0.5) is 0 Å². The fraction of sp³-hybridized carbons (Fsp3) is 0.700. The SMILES string of the molecule is CCCCCCCCCC(CO)[N+](C)(C)Cc1ccccc1.[Br-]. The number of halogens is 1. The van der Waals surface area contributed by atoms with E-state index in [2.05, 4.69) is 51.4 Å². The van der Waals surface area contributed by atoms with Crippen molar-refractivity contribution in [1.82, 2.24) is 0 Å². The molecule has 0 fully saturated rings. The molecule has 1 N–H and O–H groups in total. The summed E-state index contributed by atoms with van der Waals surface area (Å²) < 4.78 is 0.871. The first kappa shape index (κ1) is 22.6. The predicted molar refractivity (Wildman–Crippen MR) is 95.7 cm³/mol. The molecule has 23 heavy (non-hydrogen) atoms. The van der Waals surface area contributed by atoms with Crippen LogP contribution in [0.15, 0.2) is 30.3 Å². The number of unbranched alkanes of at least 4 members (excludes halogenated alkanes) is 6. The van der Waals surface area contributed by atoms with Crippen LogP contribution in [0.2, 0.25) is 0 Å². The van der Waals surface area contributed by atoms with Crippen LogP contribution in [-0.2, 0) is 6.54 Å². The highest BCUT2D eigenvalue weighted by Crippen LogP contribution is 2.19. The van der Waals surface area contributed by atoms with Gasteiger partial charge in [0.2, 0.25) is 0 Å². The minimum Gasteiger partial charge on any atom is -1.00 e. The van der Waals surface area contributed by atoms with Crippen molar-refractivity contribution < 1.29 is 26.6 Å². The minimum absolute atomic E-state index is 0. The van der Waals surface area contributed by atoms with Gasteiger partial charge in [-0.15, -0.1) is 0 Å². The Morgan fingerprint density at radius 2 is 1.48 bits per heavy atom. The van der Waals surface area contributed by atoms with Crippen molar-refractivity contribution in [2.45, 2.75) is 70.9 Å². The highest BCUT2D eigenvalue weighted by atomic mass is 79.9. The first-order chi connectivity index (χ1) is 10.6. The van der Waals surface area contributed by atoms with Crippen molar-refractivity contribution in [3.8, 4) is 0 Å². The van der Waals surface area contributed by atoms with E-state index in [9.17, 15) is 5.11 Å². The lowest BCUT2D eigenvalue weighted by atomic mass is 10.0. The summed E-state index contributed by atoms with van der Waals surface area (Å²) in [7, 11) is 4.49. The van der Waals surface area contributed by atoms with Crippen molar-refractivity contribution >= 4 is 0 Å². The van der Waals surface area contributed by atoms with Crippen molar-refractivity contribution in [3.05, 3.63) is 35.9 Å². The van der Waals surface area contributed by atoms with Gasteiger partial charge in [0, 0.05) is 12.0 Å². The van der Waals surface area contributed by atoms with E-state index < -0.39 is 0 Å². The van der Waals surface area contributed by atoms with Crippen molar-refractivity contribution in [1.29, 1.82) is 0 Å². The molecule has 0 aliphatic rings. The topological polar surface area (TPSA) is 20.2 Å². The number of nitrogens with zero attached hydrogens (tertiary/aromatic N) is 1. The van der Waals surface area contributed by atoms with Gasteiger partial charge in [-0.1, -0.05) is 75.8 Å². The van der Waals surface area contributed by atoms with Gasteiger partial charge in [-0.25, -0.2) is 0 Å². The molecule has 0 spiro atoms. The van der Waals surface area contributed by atoms with E-state index in [1.807, 2.05) is 0 Å². The van der Waals surface area contributed by atoms with Crippen LogP contribution in [0.3, 0.4) is 0 Å². The Balaban J connectivity index is 0.00000484. The number of quaternary nitrogens is 1. The maximum atomic E-state index is 9.80. The van der Waals surface area contributed by atoms with Crippen LogP contribution in [0, 0.1) is 0 Å². The van der Waals surface area contributed by atoms with Crippen LogP contribution in [0.5, 0.6) is 0 Å². The van der Waals surface area contributed by atoms with Crippen LogP contribution >= 0.6 is 0 Å². The van der Waals surface area contributed by atoms with Gasteiger partial charge >= 0.3 is 0 Å². The molecule has 0 aliphatic carbocycles. The second-order valence-corrected chi connectivity index (χ2v) is 7.17. The summed E-state index contributed by atoms with van der Waals surface area (Å²) in [4.78, 5) is 0. The van der Waals surface area contributed by atoms with E-state index in [4.69, 9.17) is 0 Å². The lowest BCUT2D eigenvalue weighted by molar-refractivity contribution is -0.928. The summed E-state index contributed by atoms with van der Waals surface area (Å²) in [5.41, 5.74) is 1.35. The number of benzene rings is 1. The molecule has 0 saturated carbocycles. The summed E-state index contributed by atoms with van der Waals surface area (Å²) in [6.45, 7) is 3.54. The highest BCUT2D eigenvalue weighted by Gasteiger charge is 2.27. The molecule has 1 atom stereocenters. The number of likely N-dealkylation sites (N-methyl/N-ethyl adjacent to an activating group) is 1. The van der Waals surface area contributed by atoms with Gasteiger partial charge in [0.05, 0.1) is 20.7 Å². The number of aliphatic hydroxyl groups excluding tert-OH is 1. The zero-order valence-corrected chi connectivity index (χ0v) is 16.9. The molecular formula is C20H36BrNO. The van der Waals surface area contributed by atoms with Gasteiger partial charge in [-0.2, -0.15) is 0 Å². The molecule has 134 valence electrons. The molecule has 3 heteroatoms. The summed E-state index contributed by atoms with van der Waals surface area (Å²) in [5.74, 6) is 0. The Bertz CT molecular complexity index is 380. The molecule has 0 saturated heterocycles. The molecule has 0 heterocycles. The van der Waals surface area contributed by atoms with Crippen LogP contribution < -0.4 is 17.0 Å². The molecule has 0 aromatic heterocycles. The number of hydrogen-bond donors (Lipinski definition) is 1. The van der Waals surface area contributed by atoms with E-state index in [0.717, 1.165) is 17.4 Å². The molecular weight excluding hydrogens is 350 g/mol. The molecule has 1 rings (SSSR count). The Hall–Kier alpha value is -0.380. The highest BCUT2D eigenvalue weighted by molar-refractivity contribution is 5.13. The fourth-order valence-corrected chi connectivity index (χ4v) is 3.18. The van der Waals surface area contributed by atoms with Gasteiger partial charge in [0.15, 0.2) is 0 Å². The number of rotatable bonds is 12. The molecule has 1 aromatic rings. The Kier molecular flexibility index (Phi) is 12.8. The van der Waals surface area contributed by atoms with E-state index in [0.29, 0.717) is 6.04 Å². The summed E-state index contributed by atoms with van der Waals surface area (Å²) in [6, 6.07) is 11.0. The largest absolute Gasteiger partial charge is 1.00 e. The molecule has 1 aromatic carbocycles. The lowest BCUT2D eigenvalue weighted by Gasteiger charge is -2.37. The van der Waals surface area contributed by atoms with E-state index in [1.165, 1.54) is 50.5 Å². The summed E-state index contributed by atoms with van der Waals surface area (Å²) in [6.07, 6.45) is 10.5. The average Bonchev–Trinajstić information content (AvgIpc) is 2.50. The molecule has 0 amide bonds. The average molecular weight is 386 g/mol. The fourth-order valence-electron chi connectivity index (χ4n) is 3.18. The number of aliphatic hydroxyl groups is 1. The van der Waals surface area contributed by atoms with Gasteiger partial charge in [0.1, 0.15) is 12.6 Å². The second kappa shape index (κ2) is 13.0. The normalized spacial score (nSPS) is 12.7.